The van der Waals surface area contributed by atoms with Crippen LogP contribution >= 0.6 is 23.2 Å². The zero-order valence-electron chi connectivity index (χ0n) is 12.1. The summed E-state index contributed by atoms with van der Waals surface area (Å²) < 4.78 is 2.15. The molecule has 2 aromatic rings. The van der Waals surface area contributed by atoms with Gasteiger partial charge in [-0.2, -0.15) is 0 Å². The summed E-state index contributed by atoms with van der Waals surface area (Å²) in [5, 5.41) is 1.22. The lowest BCUT2D eigenvalue weighted by Crippen LogP contribution is -2.25. The highest BCUT2D eigenvalue weighted by molar-refractivity contribution is 6.43. The van der Waals surface area contributed by atoms with Gasteiger partial charge < -0.3 is 4.57 Å². The number of hydrogen-bond acceptors (Lipinski definition) is 1. The Labute approximate surface area is 136 Å². The van der Waals surface area contributed by atoms with Crippen LogP contribution in [0.1, 0.15) is 31.4 Å². The smallest absolute Gasteiger partial charge is 0.0832 e. The van der Waals surface area contributed by atoms with Crippen LogP contribution < -0.4 is 0 Å². The van der Waals surface area contributed by atoms with E-state index in [9.17, 15) is 0 Å². The summed E-state index contributed by atoms with van der Waals surface area (Å²) in [5.74, 6) is 0. The van der Waals surface area contributed by atoms with Crippen LogP contribution in [0.25, 0.3) is 5.69 Å². The lowest BCUT2D eigenvalue weighted by molar-refractivity contribution is 0.272. The maximum atomic E-state index is 6.36. The van der Waals surface area contributed by atoms with Crippen LogP contribution in [0.5, 0.6) is 0 Å². The highest BCUT2D eigenvalue weighted by Crippen LogP contribution is 2.29. The Bertz CT molecular complexity index is 599. The van der Waals surface area contributed by atoms with Crippen LogP contribution in [0.15, 0.2) is 36.5 Å². The van der Waals surface area contributed by atoms with E-state index < -0.39 is 0 Å². The number of aromatic nitrogens is 1. The molecule has 0 unspecified atom stereocenters. The number of nitrogens with zero attached hydrogens (tertiary/aromatic N) is 2. The molecule has 0 bridgehead atoms. The summed E-state index contributed by atoms with van der Waals surface area (Å²) in [4.78, 5) is 2.54. The number of benzene rings is 1. The van der Waals surface area contributed by atoms with E-state index in [0.717, 1.165) is 12.2 Å². The fourth-order valence-corrected chi connectivity index (χ4v) is 3.37. The third-order valence-electron chi connectivity index (χ3n) is 4.11. The fourth-order valence-electron chi connectivity index (χ4n) is 2.98. The first-order valence-electron chi connectivity index (χ1n) is 7.58. The van der Waals surface area contributed by atoms with Crippen molar-refractivity contribution in [3.63, 3.8) is 0 Å². The third kappa shape index (κ3) is 3.45. The first-order valence-corrected chi connectivity index (χ1v) is 8.34. The molecule has 112 valence electrons. The van der Waals surface area contributed by atoms with E-state index >= 15 is 0 Å². The zero-order chi connectivity index (χ0) is 14.7. The second-order valence-electron chi connectivity index (χ2n) is 5.63. The Hall–Kier alpha value is -0.960. The predicted octanol–water partition coefficient (Wildman–Crippen LogP) is 5.16. The molecule has 0 spiro atoms. The van der Waals surface area contributed by atoms with Crippen molar-refractivity contribution >= 4 is 23.2 Å². The van der Waals surface area contributed by atoms with Gasteiger partial charge in [-0.3, -0.25) is 4.90 Å². The molecule has 1 aromatic carbocycles. The second-order valence-corrected chi connectivity index (χ2v) is 6.42. The summed E-state index contributed by atoms with van der Waals surface area (Å²) >= 11 is 12.5. The predicted molar refractivity (Wildman–Crippen MR) is 89.5 cm³/mol. The molecule has 3 rings (SSSR count). The molecule has 2 nitrogen and oxygen atoms in total. The quantitative estimate of drug-likeness (QED) is 0.757. The minimum Gasteiger partial charge on any atom is -0.318 e. The largest absolute Gasteiger partial charge is 0.318 e. The number of rotatable bonds is 3. The lowest BCUT2D eigenvalue weighted by atomic mass is 10.2. The number of likely N-dealkylation sites (tertiary alicyclic amines) is 1. The van der Waals surface area contributed by atoms with Crippen molar-refractivity contribution < 1.29 is 0 Å². The van der Waals surface area contributed by atoms with E-state index in [1.807, 2.05) is 18.2 Å². The fraction of sp³-hybridized carbons (Fsp3) is 0.412. The molecule has 1 fully saturated rings. The standard InChI is InChI=1S/C17H20Cl2N2/c18-15-8-5-9-16(17(15)19)21-12-6-7-14(21)13-20-10-3-1-2-4-11-20/h5-9,12H,1-4,10-11,13H2. The van der Waals surface area contributed by atoms with Crippen LogP contribution in [0.3, 0.4) is 0 Å². The molecule has 1 aromatic heterocycles. The summed E-state index contributed by atoms with van der Waals surface area (Å²) in [6, 6.07) is 10.0. The first kappa shape index (κ1) is 15.0. The van der Waals surface area contributed by atoms with E-state index in [0.29, 0.717) is 10.0 Å². The van der Waals surface area contributed by atoms with E-state index in [2.05, 4.69) is 27.8 Å². The molecular formula is C17H20Cl2N2. The van der Waals surface area contributed by atoms with Crippen LogP contribution in [0, 0.1) is 0 Å². The highest BCUT2D eigenvalue weighted by Gasteiger charge is 2.14. The van der Waals surface area contributed by atoms with Gasteiger partial charge in [0, 0.05) is 18.4 Å². The van der Waals surface area contributed by atoms with Crippen molar-refractivity contribution in [2.45, 2.75) is 32.2 Å². The number of hydrogen-bond donors (Lipinski definition) is 0. The van der Waals surface area contributed by atoms with E-state index in [-0.39, 0.29) is 0 Å². The van der Waals surface area contributed by atoms with Gasteiger partial charge in [0.05, 0.1) is 15.7 Å². The normalized spacial score (nSPS) is 16.9. The first-order chi connectivity index (χ1) is 10.3. The van der Waals surface area contributed by atoms with Gasteiger partial charge >= 0.3 is 0 Å². The van der Waals surface area contributed by atoms with Gasteiger partial charge in [0.1, 0.15) is 0 Å². The minimum absolute atomic E-state index is 0.601. The van der Waals surface area contributed by atoms with Crippen LogP contribution in [0.4, 0.5) is 0 Å². The van der Waals surface area contributed by atoms with Crippen molar-refractivity contribution in [3.8, 4) is 5.69 Å². The molecule has 1 saturated heterocycles. The van der Waals surface area contributed by atoms with Gasteiger partial charge in [0.15, 0.2) is 0 Å². The van der Waals surface area contributed by atoms with Crippen molar-refractivity contribution in [1.82, 2.24) is 9.47 Å². The molecule has 0 aliphatic carbocycles. The Morgan fingerprint density at radius 2 is 1.67 bits per heavy atom. The molecule has 2 heterocycles. The Morgan fingerprint density at radius 3 is 2.43 bits per heavy atom. The van der Waals surface area contributed by atoms with Gasteiger partial charge in [-0.1, -0.05) is 42.1 Å². The number of halogens is 2. The van der Waals surface area contributed by atoms with Gasteiger partial charge in [0.25, 0.3) is 0 Å². The molecule has 0 saturated carbocycles. The van der Waals surface area contributed by atoms with Crippen molar-refractivity contribution in [2.24, 2.45) is 0 Å². The van der Waals surface area contributed by atoms with Crippen LogP contribution in [0.2, 0.25) is 10.0 Å². The lowest BCUT2D eigenvalue weighted by Gasteiger charge is -2.21. The summed E-state index contributed by atoms with van der Waals surface area (Å²) in [6.45, 7) is 3.35. The molecule has 0 N–H and O–H groups in total. The minimum atomic E-state index is 0.601. The molecule has 1 aliphatic rings. The molecule has 0 amide bonds. The van der Waals surface area contributed by atoms with Gasteiger partial charge in [0.2, 0.25) is 0 Å². The van der Waals surface area contributed by atoms with Crippen LogP contribution in [-0.4, -0.2) is 22.6 Å². The van der Waals surface area contributed by atoms with Gasteiger partial charge in [-0.15, -0.1) is 0 Å². The Morgan fingerprint density at radius 1 is 0.905 bits per heavy atom. The molecule has 1 aliphatic heterocycles. The summed E-state index contributed by atoms with van der Waals surface area (Å²) in [7, 11) is 0. The average Bonchev–Trinajstić information content (AvgIpc) is 2.77. The summed E-state index contributed by atoms with van der Waals surface area (Å²) in [6.07, 6.45) is 7.39. The van der Waals surface area contributed by atoms with Crippen LogP contribution in [-0.2, 0) is 6.54 Å². The van der Waals surface area contributed by atoms with Gasteiger partial charge in [-0.05, 0) is 50.2 Å². The van der Waals surface area contributed by atoms with Crippen molar-refractivity contribution in [3.05, 3.63) is 52.3 Å². The van der Waals surface area contributed by atoms with Crippen molar-refractivity contribution in [1.29, 1.82) is 0 Å². The zero-order valence-corrected chi connectivity index (χ0v) is 13.6. The maximum absolute atomic E-state index is 6.36. The second kappa shape index (κ2) is 6.87. The Kier molecular flexibility index (Phi) is 4.89. The van der Waals surface area contributed by atoms with Gasteiger partial charge in [-0.25, -0.2) is 0 Å². The average molecular weight is 323 g/mol. The SMILES string of the molecule is Clc1cccc(-n2cccc2CN2CCCCCC2)c1Cl. The molecular weight excluding hydrogens is 303 g/mol. The molecule has 0 radical (unpaired) electrons. The maximum Gasteiger partial charge on any atom is 0.0832 e. The van der Waals surface area contributed by atoms with E-state index in [1.165, 1.54) is 44.5 Å². The molecule has 21 heavy (non-hydrogen) atoms. The topological polar surface area (TPSA) is 8.17 Å². The molecule has 4 heteroatoms. The monoisotopic (exact) mass is 322 g/mol. The summed E-state index contributed by atoms with van der Waals surface area (Å²) in [5.41, 5.74) is 2.22. The van der Waals surface area contributed by atoms with E-state index in [4.69, 9.17) is 23.2 Å². The van der Waals surface area contributed by atoms with Crippen molar-refractivity contribution in [2.75, 3.05) is 13.1 Å². The Balaban J connectivity index is 1.85. The molecule has 0 atom stereocenters. The highest BCUT2D eigenvalue weighted by atomic mass is 35.5. The third-order valence-corrected chi connectivity index (χ3v) is 4.92. The van der Waals surface area contributed by atoms with E-state index in [1.54, 1.807) is 0 Å².